The molecule has 0 saturated heterocycles. The summed E-state index contributed by atoms with van der Waals surface area (Å²) in [6.45, 7) is 7.56. The lowest BCUT2D eigenvalue weighted by molar-refractivity contribution is 0.101. The number of benzene rings is 2. The topological polar surface area (TPSA) is 80.4 Å². The Morgan fingerprint density at radius 3 is 2.28 bits per heavy atom. The molecule has 0 radical (unpaired) electrons. The van der Waals surface area contributed by atoms with Gasteiger partial charge < -0.3 is 19.8 Å². The zero-order chi connectivity index (χ0) is 21.0. The van der Waals surface area contributed by atoms with E-state index >= 15 is 0 Å². The minimum Gasteiger partial charge on any atom is -0.494 e. The molecule has 0 aliphatic carbocycles. The second-order valence-electron chi connectivity index (χ2n) is 6.64. The Hall–Kier alpha value is -3.54. The summed E-state index contributed by atoms with van der Waals surface area (Å²) in [5.41, 5.74) is 2.76. The van der Waals surface area contributed by atoms with E-state index in [1.54, 1.807) is 38.1 Å². The van der Waals surface area contributed by atoms with Gasteiger partial charge in [0.25, 0.3) is 5.91 Å². The third kappa shape index (κ3) is 4.48. The average molecular weight is 392 g/mol. The van der Waals surface area contributed by atoms with Gasteiger partial charge in [-0.2, -0.15) is 0 Å². The number of anilines is 1. The van der Waals surface area contributed by atoms with Crippen LogP contribution in [0.3, 0.4) is 0 Å². The van der Waals surface area contributed by atoms with Crippen LogP contribution in [0.2, 0.25) is 0 Å². The summed E-state index contributed by atoms with van der Waals surface area (Å²) in [5.74, 6) is 1.49. The molecule has 0 unspecified atom stereocenters. The quantitative estimate of drug-likeness (QED) is 0.536. The Labute approximate surface area is 169 Å². The summed E-state index contributed by atoms with van der Waals surface area (Å²) in [7, 11) is 0. The first-order chi connectivity index (χ1) is 13.9. The van der Waals surface area contributed by atoms with Crippen LogP contribution in [0.25, 0.3) is 0 Å². The number of H-pyrrole nitrogens is 1. The van der Waals surface area contributed by atoms with E-state index < -0.39 is 0 Å². The summed E-state index contributed by atoms with van der Waals surface area (Å²) >= 11 is 0. The number of ether oxygens (including phenoxy) is 2. The number of para-hydroxylation sites is 2. The first kappa shape index (κ1) is 20.2. The SMILES string of the molecule is CCOc1ccc(Oc2ccccc2NC(=O)c2[nH]c(C)c(C(C)=O)c2C)cc1. The number of aryl methyl sites for hydroxylation is 1. The van der Waals surface area contributed by atoms with E-state index in [1.165, 1.54) is 6.92 Å². The third-order valence-corrected chi connectivity index (χ3v) is 4.51. The van der Waals surface area contributed by atoms with Crippen LogP contribution in [0, 0.1) is 13.8 Å². The van der Waals surface area contributed by atoms with Gasteiger partial charge in [0.15, 0.2) is 11.5 Å². The van der Waals surface area contributed by atoms with Crippen molar-refractivity contribution in [3.05, 3.63) is 71.0 Å². The molecule has 6 nitrogen and oxygen atoms in total. The van der Waals surface area contributed by atoms with Crippen molar-refractivity contribution in [3.63, 3.8) is 0 Å². The molecule has 0 atom stereocenters. The molecular weight excluding hydrogens is 368 g/mol. The number of Topliss-reactive ketones (excluding diaryl/α,β-unsaturated/α-hetero) is 1. The molecule has 3 rings (SSSR count). The number of aromatic nitrogens is 1. The zero-order valence-electron chi connectivity index (χ0n) is 17.0. The first-order valence-corrected chi connectivity index (χ1v) is 9.42. The van der Waals surface area contributed by atoms with Gasteiger partial charge in [-0.25, -0.2) is 0 Å². The smallest absolute Gasteiger partial charge is 0.272 e. The van der Waals surface area contributed by atoms with Crippen molar-refractivity contribution in [3.8, 4) is 17.2 Å². The standard InChI is InChI=1S/C23H24N2O4/c1-5-28-17-10-12-18(13-11-17)29-20-9-7-6-8-19(20)25-23(27)22-14(2)21(16(4)26)15(3)24-22/h6-13,24H,5H2,1-4H3,(H,25,27). The number of carbonyl (C=O) groups excluding carboxylic acids is 2. The molecule has 0 fully saturated rings. The van der Waals surface area contributed by atoms with Crippen LogP contribution in [0.5, 0.6) is 17.2 Å². The van der Waals surface area contributed by atoms with Gasteiger partial charge in [-0.1, -0.05) is 12.1 Å². The number of aromatic amines is 1. The van der Waals surface area contributed by atoms with Gasteiger partial charge in [-0.05, 0) is 69.7 Å². The van der Waals surface area contributed by atoms with Crippen molar-refractivity contribution >= 4 is 17.4 Å². The Bertz CT molecular complexity index is 1040. The Morgan fingerprint density at radius 2 is 1.66 bits per heavy atom. The second-order valence-corrected chi connectivity index (χ2v) is 6.64. The van der Waals surface area contributed by atoms with E-state index in [4.69, 9.17) is 9.47 Å². The van der Waals surface area contributed by atoms with Crippen molar-refractivity contribution in [1.29, 1.82) is 0 Å². The molecule has 2 aromatic carbocycles. The van der Waals surface area contributed by atoms with Gasteiger partial charge in [-0.3, -0.25) is 9.59 Å². The number of rotatable bonds is 7. The second kappa shape index (κ2) is 8.65. The minimum atomic E-state index is -0.333. The zero-order valence-corrected chi connectivity index (χ0v) is 17.0. The highest BCUT2D eigenvalue weighted by Crippen LogP contribution is 2.31. The molecular formula is C23H24N2O4. The molecule has 0 aliphatic rings. The summed E-state index contributed by atoms with van der Waals surface area (Å²) in [6, 6.07) is 14.5. The number of ketones is 1. The predicted octanol–water partition coefficient (Wildman–Crippen LogP) is 5.28. The van der Waals surface area contributed by atoms with Crippen LogP contribution >= 0.6 is 0 Å². The average Bonchev–Trinajstić information content (AvgIpc) is 2.99. The predicted molar refractivity (Wildman–Crippen MR) is 112 cm³/mol. The van der Waals surface area contributed by atoms with Crippen molar-refractivity contribution in [1.82, 2.24) is 4.98 Å². The number of hydrogen-bond acceptors (Lipinski definition) is 4. The lowest BCUT2D eigenvalue weighted by Crippen LogP contribution is -2.14. The monoisotopic (exact) mass is 392 g/mol. The number of amides is 1. The molecule has 1 aromatic heterocycles. The van der Waals surface area contributed by atoms with Gasteiger partial charge in [0, 0.05) is 11.3 Å². The maximum absolute atomic E-state index is 12.8. The number of carbonyl (C=O) groups is 2. The molecule has 29 heavy (non-hydrogen) atoms. The highest BCUT2D eigenvalue weighted by molar-refractivity contribution is 6.08. The fourth-order valence-corrected chi connectivity index (χ4v) is 3.25. The molecule has 1 amide bonds. The van der Waals surface area contributed by atoms with E-state index in [9.17, 15) is 9.59 Å². The molecule has 1 heterocycles. The van der Waals surface area contributed by atoms with E-state index in [2.05, 4.69) is 10.3 Å². The van der Waals surface area contributed by atoms with E-state index in [0.29, 0.717) is 46.3 Å². The van der Waals surface area contributed by atoms with Crippen molar-refractivity contribution < 1.29 is 19.1 Å². The van der Waals surface area contributed by atoms with Crippen LogP contribution in [0.4, 0.5) is 5.69 Å². The fourth-order valence-electron chi connectivity index (χ4n) is 3.25. The summed E-state index contributed by atoms with van der Waals surface area (Å²) in [4.78, 5) is 27.7. The Kier molecular flexibility index (Phi) is 6.02. The van der Waals surface area contributed by atoms with Gasteiger partial charge in [0.2, 0.25) is 0 Å². The van der Waals surface area contributed by atoms with Crippen LogP contribution < -0.4 is 14.8 Å². The molecule has 150 valence electrons. The van der Waals surface area contributed by atoms with E-state index in [1.807, 2.05) is 31.2 Å². The van der Waals surface area contributed by atoms with Crippen LogP contribution in [-0.4, -0.2) is 23.3 Å². The van der Waals surface area contributed by atoms with Gasteiger partial charge in [0.05, 0.1) is 12.3 Å². The van der Waals surface area contributed by atoms with Gasteiger partial charge in [-0.15, -0.1) is 0 Å². The normalized spacial score (nSPS) is 10.5. The van der Waals surface area contributed by atoms with E-state index in [0.717, 1.165) is 5.75 Å². The molecule has 0 spiro atoms. The largest absolute Gasteiger partial charge is 0.494 e. The molecule has 0 bridgehead atoms. The van der Waals surface area contributed by atoms with Crippen molar-refractivity contribution in [2.45, 2.75) is 27.7 Å². The Morgan fingerprint density at radius 1 is 1.00 bits per heavy atom. The van der Waals surface area contributed by atoms with Crippen LogP contribution in [0.1, 0.15) is 46.0 Å². The highest BCUT2D eigenvalue weighted by atomic mass is 16.5. The molecule has 3 aromatic rings. The molecule has 2 N–H and O–H groups in total. The van der Waals surface area contributed by atoms with E-state index in [-0.39, 0.29) is 11.7 Å². The maximum Gasteiger partial charge on any atom is 0.272 e. The van der Waals surface area contributed by atoms with Gasteiger partial charge >= 0.3 is 0 Å². The van der Waals surface area contributed by atoms with Crippen LogP contribution in [-0.2, 0) is 0 Å². The number of nitrogens with one attached hydrogen (secondary N) is 2. The third-order valence-electron chi connectivity index (χ3n) is 4.51. The van der Waals surface area contributed by atoms with Crippen molar-refractivity contribution in [2.24, 2.45) is 0 Å². The summed E-state index contributed by atoms with van der Waals surface area (Å²) in [6.07, 6.45) is 0. The highest BCUT2D eigenvalue weighted by Gasteiger charge is 2.20. The fraction of sp³-hybridized carbons (Fsp3) is 0.217. The lowest BCUT2D eigenvalue weighted by atomic mass is 10.1. The summed E-state index contributed by atoms with van der Waals surface area (Å²) < 4.78 is 11.4. The van der Waals surface area contributed by atoms with Crippen LogP contribution in [0.15, 0.2) is 48.5 Å². The minimum absolute atomic E-state index is 0.0745. The maximum atomic E-state index is 12.8. The Balaban J connectivity index is 1.81. The van der Waals surface area contributed by atoms with Crippen molar-refractivity contribution in [2.75, 3.05) is 11.9 Å². The molecule has 0 saturated carbocycles. The summed E-state index contributed by atoms with van der Waals surface area (Å²) in [5, 5.41) is 2.87. The number of hydrogen-bond donors (Lipinski definition) is 2. The molecule has 6 heteroatoms. The molecule has 0 aliphatic heterocycles. The van der Waals surface area contributed by atoms with Gasteiger partial charge in [0.1, 0.15) is 17.2 Å². The lowest BCUT2D eigenvalue weighted by Gasteiger charge is -2.12. The first-order valence-electron chi connectivity index (χ1n) is 9.42.